The maximum absolute atomic E-state index is 11.9. The highest BCUT2D eigenvalue weighted by atomic mass is 32.1. The zero-order valence-corrected chi connectivity index (χ0v) is 12.1. The van der Waals surface area contributed by atoms with Gasteiger partial charge < -0.3 is 11.1 Å². The highest BCUT2D eigenvalue weighted by Gasteiger charge is 2.34. The lowest BCUT2D eigenvalue weighted by Gasteiger charge is -2.37. The van der Waals surface area contributed by atoms with Gasteiger partial charge in [-0.1, -0.05) is 20.8 Å². The van der Waals surface area contributed by atoms with Crippen molar-refractivity contribution in [2.24, 2.45) is 5.73 Å². The first-order valence-electron chi connectivity index (χ1n) is 6.33. The van der Waals surface area contributed by atoms with Crippen LogP contribution in [0.3, 0.4) is 0 Å². The molecule has 0 unspecified atom stereocenters. The second-order valence-electron chi connectivity index (χ2n) is 6.23. The number of carbonyl (C=O) groups is 1. The molecule has 100 valence electrons. The molecule has 1 saturated carbocycles. The third-order valence-corrected chi connectivity index (χ3v) is 4.14. The van der Waals surface area contributed by atoms with Gasteiger partial charge in [-0.3, -0.25) is 4.79 Å². The molecule has 1 aliphatic carbocycles. The van der Waals surface area contributed by atoms with Crippen molar-refractivity contribution in [1.29, 1.82) is 0 Å². The average Bonchev–Trinajstić information content (AvgIpc) is 2.63. The van der Waals surface area contributed by atoms with Gasteiger partial charge in [0.1, 0.15) is 0 Å². The van der Waals surface area contributed by atoms with E-state index in [-0.39, 0.29) is 16.9 Å². The summed E-state index contributed by atoms with van der Waals surface area (Å²) in [7, 11) is 0. The third-order valence-electron chi connectivity index (χ3n) is 3.38. The van der Waals surface area contributed by atoms with Gasteiger partial charge in [0.2, 0.25) is 5.91 Å². The zero-order chi connectivity index (χ0) is 13.4. The van der Waals surface area contributed by atoms with Crippen LogP contribution >= 0.6 is 11.3 Å². The van der Waals surface area contributed by atoms with Gasteiger partial charge in [0, 0.05) is 22.8 Å². The van der Waals surface area contributed by atoms with E-state index in [0.29, 0.717) is 11.6 Å². The van der Waals surface area contributed by atoms with Gasteiger partial charge in [-0.15, -0.1) is 11.3 Å². The van der Waals surface area contributed by atoms with Crippen LogP contribution in [0.1, 0.15) is 52.1 Å². The zero-order valence-electron chi connectivity index (χ0n) is 11.2. The average molecular weight is 267 g/mol. The summed E-state index contributed by atoms with van der Waals surface area (Å²) in [6, 6.07) is 0. The number of aromatic nitrogens is 1. The van der Waals surface area contributed by atoms with E-state index >= 15 is 0 Å². The molecule has 1 amide bonds. The van der Waals surface area contributed by atoms with Crippen LogP contribution in [-0.2, 0) is 10.2 Å². The molecular formula is C13H21N3OS. The quantitative estimate of drug-likeness (QED) is 0.884. The molecule has 0 saturated heterocycles. The number of anilines is 1. The molecule has 0 aliphatic heterocycles. The van der Waals surface area contributed by atoms with E-state index in [1.165, 1.54) is 11.3 Å². The Hall–Kier alpha value is -0.940. The minimum absolute atomic E-state index is 0.0164. The van der Waals surface area contributed by atoms with E-state index in [0.717, 1.165) is 25.0 Å². The van der Waals surface area contributed by atoms with Crippen LogP contribution in [0, 0.1) is 0 Å². The number of thiazole rings is 1. The van der Waals surface area contributed by atoms with Crippen molar-refractivity contribution < 1.29 is 4.79 Å². The molecule has 0 bridgehead atoms. The molecule has 0 aromatic carbocycles. The third kappa shape index (κ3) is 3.09. The van der Waals surface area contributed by atoms with Crippen LogP contribution in [0.15, 0.2) is 5.38 Å². The van der Waals surface area contributed by atoms with Crippen LogP contribution in [0.25, 0.3) is 0 Å². The molecule has 0 radical (unpaired) electrons. The Morgan fingerprint density at radius 1 is 1.56 bits per heavy atom. The second-order valence-corrected chi connectivity index (χ2v) is 7.09. The van der Waals surface area contributed by atoms with Crippen LogP contribution < -0.4 is 11.1 Å². The topological polar surface area (TPSA) is 68.0 Å². The van der Waals surface area contributed by atoms with Crippen molar-refractivity contribution in [1.82, 2.24) is 4.98 Å². The van der Waals surface area contributed by atoms with Crippen LogP contribution in [0.4, 0.5) is 5.13 Å². The number of amides is 1. The van der Waals surface area contributed by atoms with Gasteiger partial charge in [-0.05, 0) is 19.3 Å². The summed E-state index contributed by atoms with van der Waals surface area (Å²) >= 11 is 1.47. The molecule has 1 aromatic rings. The molecule has 1 fully saturated rings. The van der Waals surface area contributed by atoms with E-state index in [2.05, 4.69) is 31.1 Å². The summed E-state index contributed by atoms with van der Waals surface area (Å²) in [5, 5.41) is 5.52. The number of hydrogen-bond donors (Lipinski definition) is 2. The van der Waals surface area contributed by atoms with Gasteiger partial charge in [-0.2, -0.15) is 0 Å². The Kier molecular flexibility index (Phi) is 3.47. The SMILES string of the molecule is CC(C)(C)c1csc(NC(=O)CC2(N)CCC2)n1. The monoisotopic (exact) mass is 267 g/mol. The molecule has 0 atom stereocenters. The van der Waals surface area contributed by atoms with Crippen molar-refractivity contribution in [3.8, 4) is 0 Å². The van der Waals surface area contributed by atoms with Gasteiger partial charge >= 0.3 is 0 Å². The number of carbonyl (C=O) groups excluding carboxylic acids is 1. The summed E-state index contributed by atoms with van der Waals surface area (Å²) in [5.74, 6) is -0.0213. The summed E-state index contributed by atoms with van der Waals surface area (Å²) in [6.45, 7) is 6.32. The maximum atomic E-state index is 11.9. The Labute approximate surface area is 112 Å². The second kappa shape index (κ2) is 4.63. The fraction of sp³-hybridized carbons (Fsp3) is 0.692. The molecule has 2 rings (SSSR count). The van der Waals surface area contributed by atoms with Crippen molar-refractivity contribution in [2.45, 2.75) is 57.4 Å². The van der Waals surface area contributed by atoms with Crippen LogP contribution in [-0.4, -0.2) is 16.4 Å². The lowest BCUT2D eigenvalue weighted by Crippen LogP contribution is -2.48. The first-order valence-corrected chi connectivity index (χ1v) is 7.21. The number of nitrogens with zero attached hydrogens (tertiary/aromatic N) is 1. The number of nitrogens with two attached hydrogens (primary N) is 1. The Balaban J connectivity index is 1.93. The van der Waals surface area contributed by atoms with Gasteiger partial charge in [0.25, 0.3) is 0 Å². The molecule has 3 N–H and O–H groups in total. The predicted molar refractivity (Wildman–Crippen MR) is 74.8 cm³/mol. The molecule has 1 aromatic heterocycles. The standard InChI is InChI=1S/C13H21N3OS/c1-12(2,3)9-8-18-11(15-9)16-10(17)7-13(14)5-4-6-13/h8H,4-7,14H2,1-3H3,(H,15,16,17). The van der Waals surface area contributed by atoms with Crippen molar-refractivity contribution in [3.05, 3.63) is 11.1 Å². The molecular weight excluding hydrogens is 246 g/mol. The van der Waals surface area contributed by atoms with Gasteiger partial charge in [0.05, 0.1) is 5.69 Å². The number of rotatable bonds is 3. The molecule has 0 spiro atoms. The molecule has 4 nitrogen and oxygen atoms in total. The number of nitrogens with one attached hydrogen (secondary N) is 1. The van der Waals surface area contributed by atoms with E-state index in [4.69, 9.17) is 5.73 Å². The molecule has 1 aliphatic rings. The normalized spacial score (nSPS) is 18.2. The summed E-state index contributed by atoms with van der Waals surface area (Å²) in [5.41, 5.74) is 6.81. The highest BCUT2D eigenvalue weighted by Crippen LogP contribution is 2.32. The van der Waals surface area contributed by atoms with Crippen molar-refractivity contribution in [3.63, 3.8) is 0 Å². The summed E-state index contributed by atoms with van der Waals surface area (Å²) < 4.78 is 0. The van der Waals surface area contributed by atoms with Crippen molar-refractivity contribution in [2.75, 3.05) is 5.32 Å². The Morgan fingerprint density at radius 3 is 2.67 bits per heavy atom. The fourth-order valence-corrected chi connectivity index (χ4v) is 2.92. The molecule has 1 heterocycles. The summed E-state index contributed by atoms with van der Waals surface area (Å²) in [4.78, 5) is 16.3. The van der Waals surface area contributed by atoms with Crippen molar-refractivity contribution >= 4 is 22.4 Å². The van der Waals surface area contributed by atoms with Crippen LogP contribution in [0.2, 0.25) is 0 Å². The smallest absolute Gasteiger partial charge is 0.228 e. The maximum Gasteiger partial charge on any atom is 0.228 e. The van der Waals surface area contributed by atoms with E-state index in [1.807, 2.05) is 5.38 Å². The first kappa shape index (κ1) is 13.5. The van der Waals surface area contributed by atoms with E-state index < -0.39 is 0 Å². The lowest BCUT2D eigenvalue weighted by molar-refractivity contribution is -0.118. The lowest BCUT2D eigenvalue weighted by atomic mass is 9.75. The minimum Gasteiger partial charge on any atom is -0.325 e. The minimum atomic E-state index is -0.270. The van der Waals surface area contributed by atoms with E-state index in [9.17, 15) is 4.79 Å². The Morgan fingerprint density at radius 2 is 2.22 bits per heavy atom. The summed E-state index contributed by atoms with van der Waals surface area (Å²) in [6.07, 6.45) is 3.43. The highest BCUT2D eigenvalue weighted by molar-refractivity contribution is 7.13. The first-order chi connectivity index (χ1) is 8.28. The Bertz CT molecular complexity index is 443. The van der Waals surface area contributed by atoms with E-state index in [1.54, 1.807) is 0 Å². The fourth-order valence-electron chi connectivity index (χ4n) is 1.97. The molecule has 5 heteroatoms. The molecule has 18 heavy (non-hydrogen) atoms. The predicted octanol–water partition coefficient (Wildman–Crippen LogP) is 2.65. The van der Waals surface area contributed by atoms with Gasteiger partial charge in [0.15, 0.2) is 5.13 Å². The largest absolute Gasteiger partial charge is 0.325 e. The number of hydrogen-bond acceptors (Lipinski definition) is 4. The van der Waals surface area contributed by atoms with Crippen LogP contribution in [0.5, 0.6) is 0 Å². The van der Waals surface area contributed by atoms with Gasteiger partial charge in [-0.25, -0.2) is 4.98 Å².